The van der Waals surface area contributed by atoms with E-state index in [0.29, 0.717) is 17.7 Å². The number of ketones is 1. The predicted octanol–water partition coefficient (Wildman–Crippen LogP) is 4.23. The molecule has 144 valence electrons. The van der Waals surface area contributed by atoms with Gasteiger partial charge in [0.1, 0.15) is 12.5 Å². The Labute approximate surface area is 170 Å². The normalized spacial score (nSPS) is 18.4. The number of carbonyl (C=O) groups excluding carboxylic acids is 2. The monoisotopic (exact) mass is 405 g/mol. The Morgan fingerprint density at radius 3 is 2.59 bits per heavy atom. The van der Waals surface area contributed by atoms with Gasteiger partial charge in [0.25, 0.3) is 5.78 Å². The average Bonchev–Trinajstić information content (AvgIpc) is 3.45. The topological polar surface area (TPSA) is 53.0 Å². The molecule has 1 aromatic heterocycles. The molecule has 7 heteroatoms. The highest BCUT2D eigenvalue weighted by atomic mass is 32.1. The number of carbonyl (C=O) groups is 2. The zero-order valence-electron chi connectivity index (χ0n) is 15.3. The quantitative estimate of drug-likeness (QED) is 0.611. The summed E-state index contributed by atoms with van der Waals surface area (Å²) >= 11 is 1.60. The van der Waals surface area contributed by atoms with E-state index in [2.05, 4.69) is 0 Å². The maximum absolute atomic E-state index is 13.4. The van der Waals surface area contributed by atoms with Crippen molar-refractivity contribution in [1.29, 1.82) is 0 Å². The SMILES string of the molecule is O=C1C(=O)N(CN2N=C(c3cccs3)CC2c2ccc(F)cc2)c2ccccc21. The highest BCUT2D eigenvalue weighted by molar-refractivity contribution is 7.12. The maximum Gasteiger partial charge on any atom is 0.301 e. The number of nitrogens with zero attached hydrogens (tertiary/aromatic N) is 3. The number of anilines is 1. The summed E-state index contributed by atoms with van der Waals surface area (Å²) in [6.07, 6.45) is 0.643. The van der Waals surface area contributed by atoms with E-state index in [-0.39, 0.29) is 18.5 Å². The summed E-state index contributed by atoms with van der Waals surface area (Å²) in [5.41, 5.74) is 2.84. The highest BCUT2D eigenvalue weighted by Crippen LogP contribution is 2.36. The number of hydrazone groups is 1. The second kappa shape index (κ2) is 6.93. The van der Waals surface area contributed by atoms with Crippen molar-refractivity contribution in [2.75, 3.05) is 11.6 Å². The minimum Gasteiger partial charge on any atom is -0.285 e. The second-order valence-corrected chi connectivity index (χ2v) is 7.90. The van der Waals surface area contributed by atoms with Crippen LogP contribution in [0.15, 0.2) is 71.1 Å². The van der Waals surface area contributed by atoms with Gasteiger partial charge in [-0.3, -0.25) is 19.5 Å². The van der Waals surface area contributed by atoms with Crippen LogP contribution < -0.4 is 4.90 Å². The number of para-hydroxylation sites is 1. The molecule has 2 aliphatic rings. The molecule has 1 unspecified atom stereocenters. The number of benzene rings is 2. The van der Waals surface area contributed by atoms with Crippen molar-refractivity contribution in [2.24, 2.45) is 5.10 Å². The van der Waals surface area contributed by atoms with Gasteiger partial charge in [-0.15, -0.1) is 11.3 Å². The molecule has 2 aliphatic heterocycles. The van der Waals surface area contributed by atoms with Gasteiger partial charge in [0, 0.05) is 6.42 Å². The van der Waals surface area contributed by atoms with Gasteiger partial charge >= 0.3 is 5.91 Å². The lowest BCUT2D eigenvalue weighted by Gasteiger charge is -2.28. The molecule has 0 saturated carbocycles. The first-order chi connectivity index (χ1) is 14.1. The van der Waals surface area contributed by atoms with Gasteiger partial charge in [-0.05, 0) is 41.3 Å². The van der Waals surface area contributed by atoms with Crippen LogP contribution in [0.5, 0.6) is 0 Å². The minimum absolute atomic E-state index is 0.150. The summed E-state index contributed by atoms with van der Waals surface area (Å²) in [7, 11) is 0. The van der Waals surface area contributed by atoms with Crippen LogP contribution in [0.2, 0.25) is 0 Å². The fourth-order valence-electron chi connectivity index (χ4n) is 3.79. The lowest BCUT2D eigenvalue weighted by molar-refractivity contribution is -0.114. The highest BCUT2D eigenvalue weighted by Gasteiger charge is 2.39. The summed E-state index contributed by atoms with van der Waals surface area (Å²) in [4.78, 5) is 27.5. The zero-order valence-corrected chi connectivity index (χ0v) is 16.1. The minimum atomic E-state index is -0.552. The predicted molar refractivity (Wildman–Crippen MR) is 110 cm³/mol. The molecule has 0 bridgehead atoms. The molecule has 0 radical (unpaired) electrons. The van der Waals surface area contributed by atoms with Crippen molar-refractivity contribution in [2.45, 2.75) is 12.5 Å². The number of thiophene rings is 1. The molecule has 5 nitrogen and oxygen atoms in total. The van der Waals surface area contributed by atoms with E-state index in [4.69, 9.17) is 5.10 Å². The van der Waals surface area contributed by atoms with Crippen molar-refractivity contribution < 1.29 is 14.0 Å². The van der Waals surface area contributed by atoms with Gasteiger partial charge < -0.3 is 0 Å². The standard InChI is InChI=1S/C22H16FN3O2S/c23-15-9-7-14(8-10-15)19-12-17(20-6-3-11-29-20)24-26(19)13-25-18-5-2-1-4-16(18)21(27)22(25)28/h1-11,19H,12-13H2. The van der Waals surface area contributed by atoms with Gasteiger partial charge in [-0.25, -0.2) is 4.39 Å². The van der Waals surface area contributed by atoms with Crippen LogP contribution in [0.1, 0.15) is 33.3 Å². The first-order valence-electron chi connectivity index (χ1n) is 9.20. The van der Waals surface area contributed by atoms with Crippen LogP contribution in [-0.4, -0.2) is 29.1 Å². The Morgan fingerprint density at radius 2 is 1.83 bits per heavy atom. The average molecular weight is 405 g/mol. The third kappa shape index (κ3) is 3.03. The fraction of sp³-hybridized carbons (Fsp3) is 0.136. The van der Waals surface area contributed by atoms with Crippen molar-refractivity contribution in [3.63, 3.8) is 0 Å². The number of hydrogen-bond donors (Lipinski definition) is 0. The van der Waals surface area contributed by atoms with Gasteiger partial charge in [-0.1, -0.05) is 30.3 Å². The van der Waals surface area contributed by atoms with Crippen LogP contribution in [0.25, 0.3) is 0 Å². The van der Waals surface area contributed by atoms with Gasteiger partial charge in [-0.2, -0.15) is 5.10 Å². The van der Waals surface area contributed by atoms with Crippen LogP contribution >= 0.6 is 11.3 Å². The molecule has 0 aliphatic carbocycles. The third-order valence-electron chi connectivity index (χ3n) is 5.22. The van der Waals surface area contributed by atoms with E-state index < -0.39 is 11.7 Å². The lowest BCUT2D eigenvalue weighted by Crippen LogP contribution is -2.39. The fourth-order valence-corrected chi connectivity index (χ4v) is 4.51. The second-order valence-electron chi connectivity index (χ2n) is 6.96. The van der Waals surface area contributed by atoms with Crippen molar-refractivity contribution >= 4 is 34.4 Å². The number of amides is 1. The largest absolute Gasteiger partial charge is 0.301 e. The Hall–Kier alpha value is -3.32. The van der Waals surface area contributed by atoms with E-state index in [0.717, 1.165) is 16.2 Å². The molecule has 5 rings (SSSR count). The molecule has 0 saturated heterocycles. The van der Waals surface area contributed by atoms with E-state index in [1.165, 1.54) is 17.0 Å². The molecule has 0 N–H and O–H groups in total. The van der Waals surface area contributed by atoms with E-state index in [1.54, 1.807) is 47.7 Å². The van der Waals surface area contributed by atoms with Crippen molar-refractivity contribution in [3.8, 4) is 0 Å². The summed E-state index contributed by atoms with van der Waals surface area (Å²) in [6, 6.07) is 17.1. The Kier molecular flexibility index (Phi) is 4.24. The Bertz CT molecular complexity index is 1130. The molecular weight excluding hydrogens is 389 g/mol. The Morgan fingerprint density at radius 1 is 1.03 bits per heavy atom. The molecule has 1 atom stereocenters. The molecular formula is C22H16FN3O2S. The molecule has 3 heterocycles. The van der Waals surface area contributed by atoms with E-state index >= 15 is 0 Å². The molecule has 0 fully saturated rings. The van der Waals surface area contributed by atoms with E-state index in [9.17, 15) is 14.0 Å². The van der Waals surface area contributed by atoms with Crippen LogP contribution in [0, 0.1) is 5.82 Å². The van der Waals surface area contributed by atoms with Gasteiger partial charge in [0.2, 0.25) is 0 Å². The van der Waals surface area contributed by atoms with Crippen LogP contribution in [-0.2, 0) is 4.79 Å². The van der Waals surface area contributed by atoms with Gasteiger partial charge in [0.15, 0.2) is 0 Å². The number of halogens is 1. The van der Waals surface area contributed by atoms with Crippen LogP contribution in [0.3, 0.4) is 0 Å². The smallest absolute Gasteiger partial charge is 0.285 e. The third-order valence-corrected chi connectivity index (χ3v) is 6.14. The molecule has 0 spiro atoms. The van der Waals surface area contributed by atoms with Crippen molar-refractivity contribution in [1.82, 2.24) is 5.01 Å². The molecule has 1 amide bonds. The number of rotatable bonds is 4. The van der Waals surface area contributed by atoms with Crippen LogP contribution in [0.4, 0.5) is 10.1 Å². The molecule has 2 aromatic carbocycles. The Balaban J connectivity index is 1.50. The number of Topliss-reactive ketones (excluding diaryl/α,β-unsaturated/α-hetero) is 1. The van der Waals surface area contributed by atoms with Gasteiger partial charge in [0.05, 0.1) is 27.9 Å². The summed E-state index contributed by atoms with van der Waals surface area (Å²) in [5.74, 6) is -1.35. The maximum atomic E-state index is 13.4. The van der Waals surface area contributed by atoms with E-state index in [1.807, 2.05) is 22.5 Å². The first kappa shape index (κ1) is 17.8. The van der Waals surface area contributed by atoms with Crippen molar-refractivity contribution in [3.05, 3.63) is 87.9 Å². The number of fused-ring (bicyclic) bond motifs is 1. The molecule has 29 heavy (non-hydrogen) atoms. The zero-order chi connectivity index (χ0) is 20.0. The number of hydrogen-bond acceptors (Lipinski definition) is 5. The summed E-state index contributed by atoms with van der Waals surface area (Å²) in [5, 5.41) is 8.58. The molecule has 3 aromatic rings. The first-order valence-corrected chi connectivity index (χ1v) is 10.1. The summed E-state index contributed by atoms with van der Waals surface area (Å²) < 4.78 is 13.4. The lowest BCUT2D eigenvalue weighted by atomic mass is 10.0. The summed E-state index contributed by atoms with van der Waals surface area (Å²) in [6.45, 7) is 0.151.